The molecule has 0 bridgehead atoms. The molecule has 1 heterocycles. The van der Waals surface area contributed by atoms with E-state index in [1.807, 2.05) is 25.1 Å². The molecule has 0 spiro atoms. The molecule has 1 aromatic heterocycles. The molecule has 3 aromatic rings. The fourth-order valence-electron chi connectivity index (χ4n) is 2.94. The van der Waals surface area contributed by atoms with Gasteiger partial charge < -0.3 is 10.1 Å². The van der Waals surface area contributed by atoms with Crippen molar-refractivity contribution in [3.05, 3.63) is 65.5 Å². The maximum Gasteiger partial charge on any atom is 0.417 e. The maximum absolute atomic E-state index is 13.2. The van der Waals surface area contributed by atoms with Crippen molar-refractivity contribution >= 4 is 17.7 Å². The topological polar surface area (TPSA) is 69.0 Å². The van der Waals surface area contributed by atoms with Crippen LogP contribution in [0.4, 0.5) is 13.2 Å². The number of methoxy groups -OCH3 is 1. The normalized spacial score (nSPS) is 11.4. The van der Waals surface area contributed by atoms with E-state index in [1.165, 1.54) is 31.0 Å². The smallest absolute Gasteiger partial charge is 0.417 e. The van der Waals surface area contributed by atoms with Gasteiger partial charge in [0, 0.05) is 5.75 Å². The van der Waals surface area contributed by atoms with E-state index in [2.05, 4.69) is 15.5 Å². The highest BCUT2D eigenvalue weighted by Gasteiger charge is 2.34. The number of aromatic nitrogens is 3. The Morgan fingerprint density at radius 1 is 1.13 bits per heavy atom. The number of carbonyl (C=O) groups is 1. The monoisotopic (exact) mass is 450 g/mol. The SMILES string of the molecule is CCCSc1nnc(CNC(=O)c2ccccc2C(F)(F)F)n1-c1ccccc1OC. The fraction of sp³-hybridized carbons (Fsp3) is 0.286. The molecule has 10 heteroatoms. The Labute approximate surface area is 181 Å². The number of nitrogens with one attached hydrogen (secondary N) is 1. The van der Waals surface area contributed by atoms with Crippen molar-refractivity contribution in [1.82, 2.24) is 20.1 Å². The molecule has 0 aliphatic heterocycles. The van der Waals surface area contributed by atoms with Gasteiger partial charge >= 0.3 is 6.18 Å². The second-order valence-corrected chi connectivity index (χ2v) is 7.54. The number of para-hydroxylation sites is 2. The van der Waals surface area contributed by atoms with E-state index in [0.717, 1.165) is 24.3 Å². The molecule has 164 valence electrons. The van der Waals surface area contributed by atoms with Crippen LogP contribution in [-0.4, -0.2) is 33.5 Å². The summed E-state index contributed by atoms with van der Waals surface area (Å²) in [5.74, 6) is 0.917. The number of carbonyl (C=O) groups excluding carboxylic acids is 1. The first-order valence-corrected chi connectivity index (χ1v) is 10.5. The summed E-state index contributed by atoms with van der Waals surface area (Å²) in [4.78, 5) is 12.5. The van der Waals surface area contributed by atoms with Gasteiger partial charge in [-0.2, -0.15) is 13.2 Å². The van der Waals surface area contributed by atoms with Crippen LogP contribution >= 0.6 is 11.8 Å². The minimum absolute atomic E-state index is 0.108. The average Bonchev–Trinajstić information content (AvgIpc) is 3.17. The highest BCUT2D eigenvalue weighted by Crippen LogP contribution is 2.32. The summed E-state index contributed by atoms with van der Waals surface area (Å²) in [5.41, 5.74) is -0.759. The van der Waals surface area contributed by atoms with Crippen LogP contribution in [-0.2, 0) is 12.7 Å². The summed E-state index contributed by atoms with van der Waals surface area (Å²) in [6, 6.07) is 11.9. The van der Waals surface area contributed by atoms with Gasteiger partial charge in [-0.05, 0) is 30.7 Å². The highest BCUT2D eigenvalue weighted by molar-refractivity contribution is 7.99. The zero-order valence-electron chi connectivity index (χ0n) is 16.9. The molecule has 0 atom stereocenters. The molecule has 0 aliphatic carbocycles. The molecule has 0 unspecified atom stereocenters. The van der Waals surface area contributed by atoms with Crippen molar-refractivity contribution in [1.29, 1.82) is 0 Å². The third-order valence-corrected chi connectivity index (χ3v) is 5.48. The molecule has 0 saturated heterocycles. The van der Waals surface area contributed by atoms with Crippen LogP contribution in [0.15, 0.2) is 53.7 Å². The molecule has 3 rings (SSSR count). The van der Waals surface area contributed by atoms with Gasteiger partial charge in [0.25, 0.3) is 5.91 Å². The van der Waals surface area contributed by atoms with Crippen LogP contribution in [0.2, 0.25) is 0 Å². The second kappa shape index (κ2) is 9.86. The molecule has 2 aromatic carbocycles. The van der Waals surface area contributed by atoms with Crippen LogP contribution in [0, 0.1) is 0 Å². The predicted molar refractivity (Wildman–Crippen MR) is 112 cm³/mol. The molecule has 0 saturated carbocycles. The molecular weight excluding hydrogens is 429 g/mol. The first-order chi connectivity index (χ1) is 14.9. The quantitative estimate of drug-likeness (QED) is 0.503. The number of alkyl halides is 3. The van der Waals surface area contributed by atoms with Crippen molar-refractivity contribution in [2.24, 2.45) is 0 Å². The Balaban J connectivity index is 1.91. The van der Waals surface area contributed by atoms with E-state index in [9.17, 15) is 18.0 Å². The van der Waals surface area contributed by atoms with Gasteiger partial charge in [-0.3, -0.25) is 9.36 Å². The number of benzene rings is 2. The summed E-state index contributed by atoms with van der Waals surface area (Å²) >= 11 is 1.49. The lowest BCUT2D eigenvalue weighted by Crippen LogP contribution is -2.27. The number of ether oxygens (including phenoxy) is 1. The lowest BCUT2D eigenvalue weighted by molar-refractivity contribution is -0.137. The standard InChI is InChI=1S/C21H21F3N4O2S/c1-3-12-31-20-27-26-18(28(20)16-10-6-7-11-17(16)30-2)13-25-19(29)14-8-4-5-9-15(14)21(22,23)24/h4-11H,3,12-13H2,1-2H3,(H,25,29). The molecule has 1 N–H and O–H groups in total. The van der Waals surface area contributed by atoms with Crippen LogP contribution in [0.25, 0.3) is 5.69 Å². The average molecular weight is 450 g/mol. The Bertz CT molecular complexity index is 1050. The Morgan fingerprint density at radius 3 is 2.55 bits per heavy atom. The first kappa shape index (κ1) is 22.7. The number of thioether (sulfide) groups is 1. The van der Waals surface area contributed by atoms with Crippen molar-refractivity contribution < 1.29 is 22.7 Å². The molecule has 0 radical (unpaired) electrons. The van der Waals surface area contributed by atoms with Crippen LogP contribution in [0.5, 0.6) is 5.75 Å². The summed E-state index contributed by atoms with van der Waals surface area (Å²) in [6.45, 7) is 1.93. The predicted octanol–water partition coefficient (Wildman–Crippen LogP) is 4.73. The van der Waals surface area contributed by atoms with Gasteiger partial charge in [-0.1, -0.05) is 43.0 Å². The third kappa shape index (κ3) is 5.19. The van der Waals surface area contributed by atoms with Gasteiger partial charge in [-0.15, -0.1) is 10.2 Å². The van der Waals surface area contributed by atoms with E-state index in [0.29, 0.717) is 22.4 Å². The van der Waals surface area contributed by atoms with E-state index in [1.54, 1.807) is 10.6 Å². The zero-order chi connectivity index (χ0) is 22.4. The summed E-state index contributed by atoms with van der Waals surface area (Å²) < 4.78 is 46.9. The van der Waals surface area contributed by atoms with Gasteiger partial charge in [0.2, 0.25) is 0 Å². The lowest BCUT2D eigenvalue weighted by Gasteiger charge is -2.15. The maximum atomic E-state index is 13.2. The van der Waals surface area contributed by atoms with Gasteiger partial charge in [0.15, 0.2) is 11.0 Å². The van der Waals surface area contributed by atoms with E-state index >= 15 is 0 Å². The van der Waals surface area contributed by atoms with Gasteiger partial charge in [0.1, 0.15) is 5.75 Å². The van der Waals surface area contributed by atoms with Crippen LogP contribution in [0.1, 0.15) is 35.1 Å². The number of hydrogen-bond acceptors (Lipinski definition) is 5. The van der Waals surface area contributed by atoms with E-state index in [-0.39, 0.29) is 6.54 Å². The second-order valence-electron chi connectivity index (χ2n) is 6.48. The number of nitrogens with zero attached hydrogens (tertiary/aromatic N) is 3. The van der Waals surface area contributed by atoms with E-state index < -0.39 is 23.2 Å². The molecule has 0 fully saturated rings. The van der Waals surface area contributed by atoms with Crippen LogP contribution in [0.3, 0.4) is 0 Å². The van der Waals surface area contributed by atoms with Crippen molar-refractivity contribution in [3.8, 4) is 11.4 Å². The first-order valence-electron chi connectivity index (χ1n) is 9.51. The highest BCUT2D eigenvalue weighted by atomic mass is 32.2. The molecule has 0 aliphatic rings. The Morgan fingerprint density at radius 2 is 1.84 bits per heavy atom. The summed E-state index contributed by atoms with van der Waals surface area (Å²) in [7, 11) is 1.54. The Kier molecular flexibility index (Phi) is 7.21. The number of rotatable bonds is 8. The van der Waals surface area contributed by atoms with E-state index in [4.69, 9.17) is 4.74 Å². The zero-order valence-corrected chi connectivity index (χ0v) is 17.8. The van der Waals surface area contributed by atoms with Crippen LogP contribution < -0.4 is 10.1 Å². The minimum atomic E-state index is -4.63. The van der Waals surface area contributed by atoms with Gasteiger partial charge in [0.05, 0.1) is 30.5 Å². The molecular formula is C21H21F3N4O2S. The lowest BCUT2D eigenvalue weighted by atomic mass is 10.1. The number of hydrogen-bond donors (Lipinski definition) is 1. The molecule has 6 nitrogen and oxygen atoms in total. The van der Waals surface area contributed by atoms with Crippen molar-refractivity contribution in [2.75, 3.05) is 12.9 Å². The van der Waals surface area contributed by atoms with Gasteiger partial charge in [-0.25, -0.2) is 0 Å². The number of amides is 1. The summed E-state index contributed by atoms with van der Waals surface area (Å²) in [5, 5.41) is 11.5. The largest absolute Gasteiger partial charge is 0.495 e. The summed E-state index contributed by atoms with van der Waals surface area (Å²) in [6.07, 6.45) is -3.71. The molecule has 31 heavy (non-hydrogen) atoms. The fourth-order valence-corrected chi connectivity index (χ4v) is 3.76. The van der Waals surface area contributed by atoms with Crippen molar-refractivity contribution in [2.45, 2.75) is 31.2 Å². The van der Waals surface area contributed by atoms with Crippen molar-refractivity contribution in [3.63, 3.8) is 0 Å². The number of halogens is 3. The Hall–Kier alpha value is -3.01. The minimum Gasteiger partial charge on any atom is -0.495 e. The molecule has 1 amide bonds. The third-order valence-electron chi connectivity index (χ3n) is 4.35.